The summed E-state index contributed by atoms with van der Waals surface area (Å²) in [6.07, 6.45) is -0.526. The summed E-state index contributed by atoms with van der Waals surface area (Å²) < 4.78 is 29.0. The van der Waals surface area contributed by atoms with Gasteiger partial charge in [-0.2, -0.15) is 0 Å². The highest BCUT2D eigenvalue weighted by molar-refractivity contribution is 5.71. The predicted octanol–water partition coefficient (Wildman–Crippen LogP) is 0.869. The maximum absolute atomic E-state index is 12.0. The van der Waals surface area contributed by atoms with E-state index in [1.54, 1.807) is 6.92 Å². The van der Waals surface area contributed by atoms with Crippen LogP contribution in [0.25, 0.3) is 0 Å². The maximum Gasteiger partial charge on any atom is 0.320 e. The van der Waals surface area contributed by atoms with Crippen molar-refractivity contribution in [3.8, 4) is 0 Å². The molecule has 6 heteroatoms. The van der Waals surface area contributed by atoms with Crippen LogP contribution in [-0.2, 0) is 9.53 Å². The minimum absolute atomic E-state index is 0.0483. The predicted molar refractivity (Wildman–Crippen MR) is 60.1 cm³/mol. The molecule has 4 nitrogen and oxygen atoms in total. The van der Waals surface area contributed by atoms with E-state index in [-0.39, 0.29) is 25.1 Å². The number of alkyl halides is 2. The van der Waals surface area contributed by atoms with Crippen molar-refractivity contribution in [1.82, 2.24) is 10.2 Å². The Morgan fingerprint density at radius 3 is 3.00 bits per heavy atom. The molecule has 0 aromatic rings. The first kappa shape index (κ1) is 14.3. The number of carbonyl (C=O) groups is 1. The van der Waals surface area contributed by atoms with Crippen molar-refractivity contribution in [2.75, 3.05) is 32.8 Å². The van der Waals surface area contributed by atoms with Crippen LogP contribution in [0.2, 0.25) is 0 Å². The lowest BCUT2D eigenvalue weighted by atomic mass is 10.1. The Kier molecular flexibility index (Phi) is 6.36. The monoisotopic (exact) mass is 250 g/mol. The van der Waals surface area contributed by atoms with E-state index in [1.165, 1.54) is 0 Å². The fourth-order valence-electron chi connectivity index (χ4n) is 2.01. The summed E-state index contributed by atoms with van der Waals surface area (Å²) in [6, 6.07) is 0.0483. The lowest BCUT2D eigenvalue weighted by molar-refractivity contribution is -0.144. The quantitative estimate of drug-likeness (QED) is 0.710. The molecule has 0 radical (unpaired) electrons. The molecule has 1 fully saturated rings. The molecule has 0 bridgehead atoms. The van der Waals surface area contributed by atoms with Gasteiger partial charge in [0.05, 0.1) is 19.7 Å². The third-order valence-corrected chi connectivity index (χ3v) is 2.72. The second-order valence-electron chi connectivity index (χ2n) is 4.18. The average molecular weight is 250 g/mol. The van der Waals surface area contributed by atoms with E-state index in [0.29, 0.717) is 13.2 Å². The van der Waals surface area contributed by atoms with Crippen molar-refractivity contribution in [2.24, 2.45) is 0 Å². The highest BCUT2D eigenvalue weighted by atomic mass is 19.3. The van der Waals surface area contributed by atoms with E-state index in [9.17, 15) is 13.6 Å². The summed E-state index contributed by atoms with van der Waals surface area (Å²) in [5, 5.41) is 2.81. The van der Waals surface area contributed by atoms with Crippen molar-refractivity contribution < 1.29 is 18.3 Å². The first-order chi connectivity index (χ1) is 8.11. The zero-order chi connectivity index (χ0) is 12.7. The van der Waals surface area contributed by atoms with Gasteiger partial charge >= 0.3 is 5.97 Å². The third kappa shape index (κ3) is 5.93. The zero-order valence-corrected chi connectivity index (χ0v) is 10.1. The SMILES string of the molecule is CCOC(=O)CN1CCCC(NCC(F)F)C1. The number of ether oxygens (including phenoxy) is 1. The summed E-state index contributed by atoms with van der Waals surface area (Å²) in [5.74, 6) is -0.248. The number of likely N-dealkylation sites (tertiary alicyclic amines) is 1. The van der Waals surface area contributed by atoms with Crippen molar-refractivity contribution in [2.45, 2.75) is 32.2 Å². The van der Waals surface area contributed by atoms with Gasteiger partial charge in [0, 0.05) is 12.6 Å². The van der Waals surface area contributed by atoms with Gasteiger partial charge in [0.25, 0.3) is 6.43 Å². The molecular formula is C11H20F2N2O2. The molecule has 1 aliphatic rings. The fraction of sp³-hybridized carbons (Fsp3) is 0.909. The van der Waals surface area contributed by atoms with Crippen molar-refractivity contribution in [1.29, 1.82) is 0 Å². The van der Waals surface area contributed by atoms with E-state index < -0.39 is 6.43 Å². The summed E-state index contributed by atoms with van der Waals surface area (Å²) in [5.41, 5.74) is 0. The van der Waals surface area contributed by atoms with E-state index >= 15 is 0 Å². The molecule has 17 heavy (non-hydrogen) atoms. The van der Waals surface area contributed by atoms with Crippen LogP contribution in [0.4, 0.5) is 8.78 Å². The van der Waals surface area contributed by atoms with Crippen molar-refractivity contribution in [3.63, 3.8) is 0 Å². The number of nitrogens with one attached hydrogen (secondary N) is 1. The molecule has 1 heterocycles. The first-order valence-corrected chi connectivity index (χ1v) is 6.01. The highest BCUT2D eigenvalue weighted by Gasteiger charge is 2.22. The molecule has 1 atom stereocenters. The van der Waals surface area contributed by atoms with Gasteiger partial charge in [0.15, 0.2) is 0 Å². The van der Waals surface area contributed by atoms with Crippen molar-refractivity contribution >= 4 is 5.97 Å². The van der Waals surface area contributed by atoms with Crippen LogP contribution in [0, 0.1) is 0 Å². The van der Waals surface area contributed by atoms with Crippen LogP contribution >= 0.6 is 0 Å². The summed E-state index contributed by atoms with van der Waals surface area (Å²) in [4.78, 5) is 13.2. The average Bonchev–Trinajstić information content (AvgIpc) is 2.27. The Morgan fingerprint density at radius 1 is 1.59 bits per heavy atom. The highest BCUT2D eigenvalue weighted by Crippen LogP contribution is 2.10. The number of carbonyl (C=O) groups excluding carboxylic acids is 1. The van der Waals surface area contributed by atoms with E-state index in [2.05, 4.69) is 5.32 Å². The number of rotatable bonds is 6. The number of piperidine rings is 1. The number of hydrogen-bond acceptors (Lipinski definition) is 4. The Hall–Kier alpha value is -0.750. The smallest absolute Gasteiger partial charge is 0.320 e. The summed E-state index contributed by atoms with van der Waals surface area (Å²) in [7, 11) is 0. The van der Waals surface area contributed by atoms with Crippen LogP contribution in [0.5, 0.6) is 0 Å². The lowest BCUT2D eigenvalue weighted by Gasteiger charge is -2.32. The minimum atomic E-state index is -2.32. The molecular weight excluding hydrogens is 230 g/mol. The molecule has 100 valence electrons. The van der Waals surface area contributed by atoms with Gasteiger partial charge in [-0.1, -0.05) is 0 Å². The van der Waals surface area contributed by atoms with Gasteiger partial charge in [-0.05, 0) is 26.3 Å². The number of esters is 1. The molecule has 0 spiro atoms. The van der Waals surface area contributed by atoms with E-state index in [4.69, 9.17) is 4.74 Å². The van der Waals surface area contributed by atoms with Gasteiger partial charge in [-0.15, -0.1) is 0 Å². The van der Waals surface area contributed by atoms with Crippen LogP contribution in [0.3, 0.4) is 0 Å². The molecule has 0 aliphatic carbocycles. The number of hydrogen-bond donors (Lipinski definition) is 1. The normalized spacial score (nSPS) is 21.8. The standard InChI is InChI=1S/C11H20F2N2O2/c1-2-17-11(16)8-15-5-3-4-9(7-15)14-6-10(12)13/h9-10,14H,2-8H2,1H3. The van der Waals surface area contributed by atoms with Crippen LogP contribution < -0.4 is 5.32 Å². The Bertz CT molecular complexity index is 240. The van der Waals surface area contributed by atoms with Gasteiger partial charge < -0.3 is 10.1 Å². The molecule has 1 saturated heterocycles. The topological polar surface area (TPSA) is 41.6 Å². The molecule has 1 aliphatic heterocycles. The van der Waals surface area contributed by atoms with Crippen LogP contribution in [0.15, 0.2) is 0 Å². The van der Waals surface area contributed by atoms with E-state index in [0.717, 1.165) is 19.4 Å². The third-order valence-electron chi connectivity index (χ3n) is 2.72. The van der Waals surface area contributed by atoms with Crippen LogP contribution in [-0.4, -0.2) is 56.1 Å². The van der Waals surface area contributed by atoms with Crippen LogP contribution in [0.1, 0.15) is 19.8 Å². The van der Waals surface area contributed by atoms with E-state index in [1.807, 2.05) is 4.90 Å². The molecule has 0 aromatic carbocycles. The largest absolute Gasteiger partial charge is 0.465 e. The minimum Gasteiger partial charge on any atom is -0.465 e. The second-order valence-corrected chi connectivity index (χ2v) is 4.18. The Morgan fingerprint density at radius 2 is 2.35 bits per heavy atom. The molecule has 1 rings (SSSR count). The Balaban J connectivity index is 2.25. The summed E-state index contributed by atoms with van der Waals surface area (Å²) >= 11 is 0. The lowest BCUT2D eigenvalue weighted by Crippen LogP contribution is -2.48. The molecule has 0 amide bonds. The van der Waals surface area contributed by atoms with Gasteiger partial charge in [0.1, 0.15) is 0 Å². The van der Waals surface area contributed by atoms with Gasteiger partial charge in [-0.25, -0.2) is 8.78 Å². The van der Waals surface area contributed by atoms with Crippen molar-refractivity contribution in [3.05, 3.63) is 0 Å². The number of nitrogens with zero attached hydrogens (tertiary/aromatic N) is 1. The Labute approximate surface area is 100 Å². The number of halogens is 2. The summed E-state index contributed by atoms with van der Waals surface area (Å²) in [6.45, 7) is 3.57. The van der Waals surface area contributed by atoms with Gasteiger partial charge in [0.2, 0.25) is 0 Å². The maximum atomic E-state index is 12.0. The first-order valence-electron chi connectivity index (χ1n) is 6.01. The van der Waals surface area contributed by atoms with Gasteiger partial charge in [-0.3, -0.25) is 9.69 Å². The molecule has 1 N–H and O–H groups in total. The fourth-order valence-corrected chi connectivity index (χ4v) is 2.01. The molecule has 0 saturated carbocycles. The second kappa shape index (κ2) is 7.55. The zero-order valence-electron chi connectivity index (χ0n) is 10.1. The molecule has 0 aromatic heterocycles. The molecule has 1 unspecified atom stereocenters.